The molecule has 0 bridgehead atoms. The van der Waals surface area contributed by atoms with Crippen molar-refractivity contribution in [3.05, 3.63) is 0 Å². The number of hydrogen-bond donors (Lipinski definition) is 2. The molecule has 0 aromatic carbocycles. The van der Waals surface area contributed by atoms with Gasteiger partial charge < -0.3 is 11.1 Å². The zero-order valence-corrected chi connectivity index (χ0v) is 7.81. The second-order valence-corrected chi connectivity index (χ2v) is 4.84. The molecule has 0 aromatic rings. The molecule has 1 heterocycles. The maximum Gasteiger partial charge on any atom is 0.215 e. The lowest BCUT2D eigenvalue weighted by atomic mass is 10.4. The van der Waals surface area contributed by atoms with Crippen LogP contribution in [-0.4, -0.2) is 51.2 Å². The van der Waals surface area contributed by atoms with E-state index in [9.17, 15) is 8.42 Å². The Morgan fingerprint density at radius 3 is 2.42 bits per heavy atom. The second-order valence-electron chi connectivity index (χ2n) is 2.75. The molecule has 0 saturated carbocycles. The number of hydrogen-bond acceptors (Lipinski definition) is 4. The molecule has 1 aliphatic rings. The fourth-order valence-electron chi connectivity index (χ4n) is 1.20. The summed E-state index contributed by atoms with van der Waals surface area (Å²) in [4.78, 5) is 0. The predicted molar refractivity (Wildman–Crippen MR) is 47.3 cm³/mol. The molecule has 0 atom stereocenters. The quantitative estimate of drug-likeness (QED) is 0.553. The zero-order chi connectivity index (χ0) is 9.03. The third-order valence-corrected chi connectivity index (χ3v) is 3.75. The van der Waals surface area contributed by atoms with Gasteiger partial charge in [-0.1, -0.05) is 0 Å². The topological polar surface area (TPSA) is 75.4 Å². The molecule has 1 fully saturated rings. The Labute approximate surface area is 73.0 Å². The van der Waals surface area contributed by atoms with Crippen LogP contribution < -0.4 is 11.1 Å². The number of nitrogens with two attached hydrogens (primary N) is 1. The molecule has 0 aromatic heterocycles. The van der Waals surface area contributed by atoms with Crippen molar-refractivity contribution >= 4 is 10.0 Å². The van der Waals surface area contributed by atoms with E-state index < -0.39 is 10.0 Å². The maximum atomic E-state index is 11.4. The van der Waals surface area contributed by atoms with Gasteiger partial charge in [0.05, 0.1) is 5.75 Å². The number of sulfonamides is 1. The van der Waals surface area contributed by atoms with Crippen molar-refractivity contribution in [1.82, 2.24) is 9.62 Å². The van der Waals surface area contributed by atoms with Gasteiger partial charge >= 0.3 is 0 Å². The van der Waals surface area contributed by atoms with Crippen LogP contribution in [0, 0.1) is 0 Å². The van der Waals surface area contributed by atoms with Crippen molar-refractivity contribution in [1.29, 1.82) is 0 Å². The highest BCUT2D eigenvalue weighted by molar-refractivity contribution is 7.89. The first kappa shape index (κ1) is 9.91. The monoisotopic (exact) mass is 193 g/mol. The van der Waals surface area contributed by atoms with Crippen molar-refractivity contribution in [2.45, 2.75) is 0 Å². The molecule has 0 amide bonds. The van der Waals surface area contributed by atoms with E-state index in [1.54, 1.807) is 0 Å². The molecule has 1 rings (SSSR count). The van der Waals surface area contributed by atoms with Gasteiger partial charge in [0.25, 0.3) is 0 Å². The minimum absolute atomic E-state index is 0.0625. The average molecular weight is 193 g/mol. The van der Waals surface area contributed by atoms with Crippen molar-refractivity contribution in [3.8, 4) is 0 Å². The Kier molecular flexibility index (Phi) is 3.45. The highest BCUT2D eigenvalue weighted by Crippen LogP contribution is 2.01. The van der Waals surface area contributed by atoms with Gasteiger partial charge in [0, 0.05) is 32.7 Å². The molecule has 6 heteroatoms. The molecule has 3 N–H and O–H groups in total. The first-order valence-corrected chi connectivity index (χ1v) is 5.66. The zero-order valence-electron chi connectivity index (χ0n) is 6.99. The molecule has 1 saturated heterocycles. The summed E-state index contributed by atoms with van der Waals surface area (Å²) < 4.78 is 24.3. The molecular formula is C6H15N3O2S. The van der Waals surface area contributed by atoms with Gasteiger partial charge in [-0.05, 0) is 0 Å². The Hall–Kier alpha value is -0.170. The lowest BCUT2D eigenvalue weighted by Crippen LogP contribution is -2.47. The Bertz CT molecular complexity index is 221. The summed E-state index contributed by atoms with van der Waals surface area (Å²) in [6.45, 7) is 2.82. The van der Waals surface area contributed by atoms with E-state index in [2.05, 4.69) is 5.32 Å². The van der Waals surface area contributed by atoms with Crippen molar-refractivity contribution in [2.24, 2.45) is 5.73 Å². The van der Waals surface area contributed by atoms with Crippen LogP contribution in [0.2, 0.25) is 0 Å². The largest absolute Gasteiger partial charge is 0.329 e. The molecule has 5 nitrogen and oxygen atoms in total. The Morgan fingerprint density at radius 2 is 1.92 bits per heavy atom. The predicted octanol–water partition coefficient (Wildman–Crippen LogP) is -1.82. The number of nitrogens with one attached hydrogen (secondary N) is 1. The lowest BCUT2D eigenvalue weighted by Gasteiger charge is -2.26. The lowest BCUT2D eigenvalue weighted by molar-refractivity contribution is 0.360. The molecular weight excluding hydrogens is 178 g/mol. The van der Waals surface area contributed by atoms with Crippen LogP contribution in [0.3, 0.4) is 0 Å². The van der Waals surface area contributed by atoms with Crippen LogP contribution in [-0.2, 0) is 10.0 Å². The Morgan fingerprint density at radius 1 is 1.33 bits per heavy atom. The van der Waals surface area contributed by atoms with Crippen molar-refractivity contribution < 1.29 is 8.42 Å². The summed E-state index contributed by atoms with van der Waals surface area (Å²) in [5.41, 5.74) is 5.20. The van der Waals surface area contributed by atoms with Crippen LogP contribution in [0.4, 0.5) is 0 Å². The SMILES string of the molecule is NCCS(=O)(=O)N1CCNCC1. The number of rotatable bonds is 3. The van der Waals surface area contributed by atoms with Crippen LogP contribution in [0.15, 0.2) is 0 Å². The van der Waals surface area contributed by atoms with Crippen molar-refractivity contribution in [2.75, 3.05) is 38.5 Å². The molecule has 0 radical (unpaired) electrons. The highest BCUT2D eigenvalue weighted by atomic mass is 32.2. The molecule has 0 spiro atoms. The van der Waals surface area contributed by atoms with E-state index in [1.165, 1.54) is 4.31 Å². The molecule has 1 aliphatic heterocycles. The van der Waals surface area contributed by atoms with Gasteiger partial charge in [0.2, 0.25) is 10.0 Å². The summed E-state index contributed by atoms with van der Waals surface area (Å²) in [5.74, 6) is 0.0625. The van der Waals surface area contributed by atoms with E-state index in [-0.39, 0.29) is 12.3 Å². The minimum atomic E-state index is -3.07. The van der Waals surface area contributed by atoms with Gasteiger partial charge in [-0.15, -0.1) is 0 Å². The van der Waals surface area contributed by atoms with Crippen molar-refractivity contribution in [3.63, 3.8) is 0 Å². The molecule has 72 valence electrons. The average Bonchev–Trinajstić information content (AvgIpc) is 2.06. The Balaban J connectivity index is 2.54. The summed E-state index contributed by atoms with van der Waals surface area (Å²) in [6.07, 6.45) is 0. The van der Waals surface area contributed by atoms with Gasteiger partial charge in [-0.2, -0.15) is 4.31 Å². The maximum absolute atomic E-state index is 11.4. The summed E-state index contributed by atoms with van der Waals surface area (Å²) in [7, 11) is -3.07. The van der Waals surface area contributed by atoms with Gasteiger partial charge in [-0.25, -0.2) is 8.42 Å². The minimum Gasteiger partial charge on any atom is -0.329 e. The van der Waals surface area contributed by atoms with Crippen LogP contribution >= 0.6 is 0 Å². The van der Waals surface area contributed by atoms with Gasteiger partial charge in [-0.3, -0.25) is 0 Å². The van der Waals surface area contributed by atoms with E-state index in [0.717, 1.165) is 13.1 Å². The van der Waals surface area contributed by atoms with E-state index in [4.69, 9.17) is 5.73 Å². The first-order valence-electron chi connectivity index (χ1n) is 4.05. The first-order chi connectivity index (χ1) is 5.67. The van der Waals surface area contributed by atoms with Gasteiger partial charge in [0.15, 0.2) is 0 Å². The van der Waals surface area contributed by atoms with E-state index in [1.807, 2.05) is 0 Å². The van der Waals surface area contributed by atoms with Crippen LogP contribution in [0.1, 0.15) is 0 Å². The summed E-state index contributed by atoms with van der Waals surface area (Å²) in [6, 6.07) is 0. The highest BCUT2D eigenvalue weighted by Gasteiger charge is 2.22. The fourth-order valence-corrected chi connectivity index (χ4v) is 2.50. The normalized spacial score (nSPS) is 21.1. The van der Waals surface area contributed by atoms with E-state index >= 15 is 0 Å². The van der Waals surface area contributed by atoms with Gasteiger partial charge in [0.1, 0.15) is 0 Å². The smallest absolute Gasteiger partial charge is 0.215 e. The van der Waals surface area contributed by atoms with Crippen LogP contribution in [0.5, 0.6) is 0 Å². The van der Waals surface area contributed by atoms with Crippen LogP contribution in [0.25, 0.3) is 0 Å². The number of piperazine rings is 1. The fraction of sp³-hybridized carbons (Fsp3) is 1.00. The third kappa shape index (κ3) is 2.41. The summed E-state index contributed by atoms with van der Waals surface area (Å²) >= 11 is 0. The summed E-state index contributed by atoms with van der Waals surface area (Å²) in [5, 5.41) is 3.09. The second kappa shape index (κ2) is 4.18. The molecule has 12 heavy (non-hydrogen) atoms. The molecule has 0 unspecified atom stereocenters. The third-order valence-electron chi connectivity index (χ3n) is 1.85. The molecule has 0 aliphatic carbocycles. The number of nitrogens with zero attached hydrogens (tertiary/aromatic N) is 1. The standard InChI is InChI=1S/C6H15N3O2S/c7-1-6-12(10,11)9-4-2-8-3-5-9/h8H,1-7H2. The van der Waals surface area contributed by atoms with E-state index in [0.29, 0.717) is 13.1 Å².